The lowest BCUT2D eigenvalue weighted by Crippen LogP contribution is -2.48. The average molecular weight is 253 g/mol. The summed E-state index contributed by atoms with van der Waals surface area (Å²) in [5, 5.41) is 3.42. The fourth-order valence-electron chi connectivity index (χ4n) is 3.58. The molecule has 3 heteroatoms. The maximum Gasteiger partial charge on any atom is 0.0121 e. The Morgan fingerprint density at radius 3 is 2.61 bits per heavy atom. The van der Waals surface area contributed by atoms with E-state index >= 15 is 0 Å². The van der Waals surface area contributed by atoms with Crippen molar-refractivity contribution in [2.24, 2.45) is 11.8 Å². The van der Waals surface area contributed by atoms with Gasteiger partial charge in [0.2, 0.25) is 0 Å². The van der Waals surface area contributed by atoms with Crippen LogP contribution in [0.5, 0.6) is 0 Å². The minimum atomic E-state index is 0.816. The summed E-state index contributed by atoms with van der Waals surface area (Å²) in [5.41, 5.74) is 0. The van der Waals surface area contributed by atoms with Gasteiger partial charge >= 0.3 is 0 Å². The number of hydrogen-bond donors (Lipinski definition) is 1. The summed E-state index contributed by atoms with van der Waals surface area (Å²) < 4.78 is 0. The average Bonchev–Trinajstić information content (AvgIpc) is 2.40. The van der Waals surface area contributed by atoms with E-state index in [4.69, 9.17) is 0 Å². The van der Waals surface area contributed by atoms with E-state index in [0.29, 0.717) is 0 Å². The fraction of sp³-hybridized carbons (Fsp3) is 1.00. The quantitative estimate of drug-likeness (QED) is 0.822. The summed E-state index contributed by atoms with van der Waals surface area (Å²) in [5.74, 6) is 1.78. The van der Waals surface area contributed by atoms with Crippen molar-refractivity contribution in [2.75, 3.05) is 46.3 Å². The van der Waals surface area contributed by atoms with Gasteiger partial charge in [0.05, 0.1) is 0 Å². The Morgan fingerprint density at radius 2 is 1.89 bits per heavy atom. The van der Waals surface area contributed by atoms with Crippen LogP contribution in [0.1, 0.15) is 33.1 Å². The van der Waals surface area contributed by atoms with Crippen molar-refractivity contribution in [3.05, 3.63) is 0 Å². The number of rotatable bonds is 4. The standard InChI is InChI=1S/C15H31N3/c1-13-5-4-6-15(14(13)2)17(3)11-12-18-9-7-16-8-10-18/h13-16H,4-12H2,1-3H3. The first kappa shape index (κ1) is 14.3. The molecule has 0 spiro atoms. The molecule has 18 heavy (non-hydrogen) atoms. The maximum atomic E-state index is 3.42. The zero-order valence-corrected chi connectivity index (χ0v) is 12.5. The number of piperazine rings is 1. The zero-order chi connectivity index (χ0) is 13.0. The highest BCUT2D eigenvalue weighted by Gasteiger charge is 2.29. The van der Waals surface area contributed by atoms with Crippen molar-refractivity contribution in [2.45, 2.75) is 39.2 Å². The highest BCUT2D eigenvalue weighted by atomic mass is 15.2. The smallest absolute Gasteiger partial charge is 0.0121 e. The maximum absolute atomic E-state index is 3.42. The molecule has 0 radical (unpaired) electrons. The number of hydrogen-bond acceptors (Lipinski definition) is 3. The molecular formula is C15H31N3. The van der Waals surface area contributed by atoms with Gasteiger partial charge in [0.1, 0.15) is 0 Å². The van der Waals surface area contributed by atoms with Crippen LogP contribution >= 0.6 is 0 Å². The highest BCUT2D eigenvalue weighted by Crippen LogP contribution is 2.32. The van der Waals surface area contributed by atoms with E-state index in [-0.39, 0.29) is 0 Å². The summed E-state index contributed by atoms with van der Waals surface area (Å²) in [6.07, 6.45) is 4.26. The summed E-state index contributed by atoms with van der Waals surface area (Å²) in [6, 6.07) is 0.816. The molecule has 0 aromatic rings. The van der Waals surface area contributed by atoms with E-state index in [1.807, 2.05) is 0 Å². The predicted molar refractivity (Wildman–Crippen MR) is 77.9 cm³/mol. The third-order valence-corrected chi connectivity index (χ3v) is 5.21. The second-order valence-electron chi connectivity index (χ2n) is 6.41. The lowest BCUT2D eigenvalue weighted by atomic mass is 9.77. The summed E-state index contributed by atoms with van der Waals surface area (Å²) in [6.45, 7) is 12.2. The monoisotopic (exact) mass is 253 g/mol. The van der Waals surface area contributed by atoms with Crippen LogP contribution in [0, 0.1) is 11.8 Å². The minimum absolute atomic E-state index is 0.816. The zero-order valence-electron chi connectivity index (χ0n) is 12.5. The van der Waals surface area contributed by atoms with Gasteiger partial charge in [-0.2, -0.15) is 0 Å². The topological polar surface area (TPSA) is 18.5 Å². The van der Waals surface area contributed by atoms with E-state index in [9.17, 15) is 0 Å². The number of nitrogens with one attached hydrogen (secondary N) is 1. The van der Waals surface area contributed by atoms with Gasteiger partial charge < -0.3 is 10.2 Å². The molecule has 0 aromatic heterocycles. The summed E-state index contributed by atoms with van der Waals surface area (Å²) in [7, 11) is 2.33. The third kappa shape index (κ3) is 3.69. The molecule has 1 saturated heterocycles. The van der Waals surface area contributed by atoms with Gasteiger partial charge in [-0.1, -0.05) is 26.7 Å². The molecule has 1 N–H and O–H groups in total. The van der Waals surface area contributed by atoms with Gasteiger partial charge in [0, 0.05) is 45.3 Å². The van der Waals surface area contributed by atoms with Gasteiger partial charge in [-0.25, -0.2) is 0 Å². The fourth-order valence-corrected chi connectivity index (χ4v) is 3.58. The van der Waals surface area contributed by atoms with Gasteiger partial charge in [-0.3, -0.25) is 4.90 Å². The van der Waals surface area contributed by atoms with Crippen LogP contribution in [0.3, 0.4) is 0 Å². The molecule has 2 aliphatic rings. The molecule has 1 aliphatic carbocycles. The van der Waals surface area contributed by atoms with Crippen molar-refractivity contribution in [1.82, 2.24) is 15.1 Å². The van der Waals surface area contributed by atoms with Crippen LogP contribution in [0.25, 0.3) is 0 Å². The molecule has 3 atom stereocenters. The van der Waals surface area contributed by atoms with Gasteiger partial charge in [0.25, 0.3) is 0 Å². The molecule has 2 rings (SSSR count). The first-order chi connectivity index (χ1) is 8.68. The molecular weight excluding hydrogens is 222 g/mol. The summed E-state index contributed by atoms with van der Waals surface area (Å²) in [4.78, 5) is 5.23. The van der Waals surface area contributed by atoms with Gasteiger partial charge in [-0.15, -0.1) is 0 Å². The molecule has 1 aliphatic heterocycles. The molecule has 106 valence electrons. The van der Waals surface area contributed by atoms with E-state index in [2.05, 4.69) is 36.0 Å². The Labute approximate surface area is 113 Å². The van der Waals surface area contributed by atoms with Crippen molar-refractivity contribution in [3.8, 4) is 0 Å². The van der Waals surface area contributed by atoms with Crippen molar-refractivity contribution in [1.29, 1.82) is 0 Å². The van der Waals surface area contributed by atoms with Crippen molar-refractivity contribution in [3.63, 3.8) is 0 Å². The Kier molecular flexibility index (Phi) is 5.46. The molecule has 0 aromatic carbocycles. The van der Waals surface area contributed by atoms with Crippen LogP contribution in [-0.2, 0) is 0 Å². The van der Waals surface area contributed by atoms with Crippen LogP contribution in [0.2, 0.25) is 0 Å². The Bertz CT molecular complexity index is 238. The molecule has 2 fully saturated rings. The lowest BCUT2D eigenvalue weighted by Gasteiger charge is -2.40. The van der Waals surface area contributed by atoms with E-state index in [0.717, 1.165) is 17.9 Å². The first-order valence-corrected chi connectivity index (χ1v) is 7.82. The third-order valence-electron chi connectivity index (χ3n) is 5.21. The van der Waals surface area contributed by atoms with Crippen molar-refractivity contribution >= 4 is 0 Å². The van der Waals surface area contributed by atoms with E-state index in [1.54, 1.807) is 0 Å². The van der Waals surface area contributed by atoms with Crippen LogP contribution < -0.4 is 5.32 Å². The molecule has 3 nitrogen and oxygen atoms in total. The Hall–Kier alpha value is -0.120. The van der Waals surface area contributed by atoms with Crippen LogP contribution in [0.15, 0.2) is 0 Å². The Balaban J connectivity index is 1.74. The van der Waals surface area contributed by atoms with E-state index < -0.39 is 0 Å². The van der Waals surface area contributed by atoms with E-state index in [1.165, 1.54) is 58.5 Å². The van der Waals surface area contributed by atoms with Gasteiger partial charge in [-0.05, 0) is 25.3 Å². The second-order valence-corrected chi connectivity index (χ2v) is 6.41. The second kappa shape index (κ2) is 6.88. The van der Waals surface area contributed by atoms with Crippen LogP contribution in [-0.4, -0.2) is 62.2 Å². The summed E-state index contributed by atoms with van der Waals surface area (Å²) >= 11 is 0. The number of likely N-dealkylation sites (N-methyl/N-ethyl adjacent to an activating group) is 1. The largest absolute Gasteiger partial charge is 0.314 e. The highest BCUT2D eigenvalue weighted by molar-refractivity contribution is 4.83. The molecule has 3 unspecified atom stereocenters. The molecule has 1 heterocycles. The molecule has 0 amide bonds. The number of nitrogens with zero attached hydrogens (tertiary/aromatic N) is 2. The predicted octanol–water partition coefficient (Wildman–Crippen LogP) is 1.65. The lowest BCUT2D eigenvalue weighted by molar-refractivity contribution is 0.0900. The van der Waals surface area contributed by atoms with Crippen molar-refractivity contribution < 1.29 is 0 Å². The molecule has 1 saturated carbocycles. The van der Waals surface area contributed by atoms with Gasteiger partial charge in [0.15, 0.2) is 0 Å². The Morgan fingerprint density at radius 1 is 1.17 bits per heavy atom. The SMILES string of the molecule is CC1CCCC(N(C)CCN2CCNCC2)C1C. The molecule has 0 bridgehead atoms. The normalized spacial score (nSPS) is 35.0. The first-order valence-electron chi connectivity index (χ1n) is 7.82. The van der Waals surface area contributed by atoms with Crippen LogP contribution in [0.4, 0.5) is 0 Å². The minimum Gasteiger partial charge on any atom is -0.314 e.